The molecule has 1 atom stereocenters. The van der Waals surface area contributed by atoms with Gasteiger partial charge in [0, 0.05) is 11.6 Å². The molecule has 0 amide bonds. The highest BCUT2D eigenvalue weighted by Crippen LogP contribution is 2.56. The predicted octanol–water partition coefficient (Wildman–Crippen LogP) is 3.84. The van der Waals surface area contributed by atoms with Crippen LogP contribution in [0.5, 0.6) is 0 Å². The summed E-state index contributed by atoms with van der Waals surface area (Å²) in [5, 5.41) is 0. The number of halogens is 1. The van der Waals surface area contributed by atoms with Gasteiger partial charge in [-0.2, -0.15) is 0 Å². The molecule has 1 saturated carbocycles. The molecule has 2 aliphatic rings. The minimum Gasteiger partial charge on any atom is -0.469 e. The Morgan fingerprint density at radius 1 is 1.29 bits per heavy atom. The molecule has 0 aromatic heterocycles. The lowest BCUT2D eigenvalue weighted by Crippen LogP contribution is -2.37. The number of ether oxygens (including phenoxy) is 2. The molecule has 1 fully saturated rings. The van der Waals surface area contributed by atoms with Gasteiger partial charge in [0.1, 0.15) is 0 Å². The van der Waals surface area contributed by atoms with Crippen molar-refractivity contribution in [2.75, 3.05) is 14.2 Å². The largest absolute Gasteiger partial charge is 0.469 e. The van der Waals surface area contributed by atoms with Crippen LogP contribution in [0, 0.1) is 5.41 Å². The van der Waals surface area contributed by atoms with E-state index in [1.807, 2.05) is 0 Å². The molecule has 0 saturated heterocycles. The summed E-state index contributed by atoms with van der Waals surface area (Å²) in [7, 11) is 3.27. The van der Waals surface area contributed by atoms with Crippen LogP contribution in [0.25, 0.3) is 0 Å². The first-order chi connectivity index (χ1) is 10.1. The molecular formula is C17H21BrO3. The molecule has 0 radical (unpaired) electrons. The SMILES string of the molecule is COC(=O)C1c2cc(Br)ccc2CC12CCC(OC)CC2. The second kappa shape index (κ2) is 5.73. The minimum absolute atomic E-state index is 0.0191. The van der Waals surface area contributed by atoms with E-state index in [0.29, 0.717) is 6.10 Å². The zero-order valence-corrected chi connectivity index (χ0v) is 14.1. The number of hydrogen-bond donors (Lipinski definition) is 0. The van der Waals surface area contributed by atoms with E-state index in [-0.39, 0.29) is 17.3 Å². The van der Waals surface area contributed by atoms with E-state index < -0.39 is 0 Å². The van der Waals surface area contributed by atoms with E-state index in [4.69, 9.17) is 9.47 Å². The van der Waals surface area contributed by atoms with Gasteiger partial charge in [0.2, 0.25) is 0 Å². The number of hydrogen-bond acceptors (Lipinski definition) is 3. The van der Waals surface area contributed by atoms with Crippen molar-refractivity contribution >= 4 is 21.9 Å². The lowest BCUT2D eigenvalue weighted by Gasteiger charge is -2.40. The summed E-state index contributed by atoms with van der Waals surface area (Å²) in [4.78, 5) is 12.4. The van der Waals surface area contributed by atoms with Gasteiger partial charge in [-0.25, -0.2) is 0 Å². The predicted molar refractivity (Wildman–Crippen MR) is 84.3 cm³/mol. The van der Waals surface area contributed by atoms with Gasteiger partial charge in [0.05, 0.1) is 19.1 Å². The van der Waals surface area contributed by atoms with Crippen LogP contribution in [0.3, 0.4) is 0 Å². The molecule has 21 heavy (non-hydrogen) atoms. The van der Waals surface area contributed by atoms with Gasteiger partial charge >= 0.3 is 5.97 Å². The Balaban J connectivity index is 1.97. The summed E-state index contributed by atoms with van der Waals surface area (Å²) in [6.07, 6.45) is 5.42. The maximum absolute atomic E-state index is 12.4. The third-order valence-electron chi connectivity index (χ3n) is 5.27. The molecule has 0 N–H and O–H groups in total. The van der Waals surface area contributed by atoms with Crippen molar-refractivity contribution in [2.45, 2.75) is 44.1 Å². The van der Waals surface area contributed by atoms with Gasteiger partial charge < -0.3 is 9.47 Å². The Morgan fingerprint density at radius 2 is 2.00 bits per heavy atom. The van der Waals surface area contributed by atoms with Crippen LogP contribution in [0.1, 0.15) is 42.7 Å². The van der Waals surface area contributed by atoms with Gasteiger partial charge in [-0.05, 0) is 60.8 Å². The summed E-state index contributed by atoms with van der Waals surface area (Å²) in [6, 6.07) is 6.30. The van der Waals surface area contributed by atoms with Crippen LogP contribution in [0.4, 0.5) is 0 Å². The molecule has 3 nitrogen and oxygen atoms in total. The molecular weight excluding hydrogens is 332 g/mol. The Bertz CT molecular complexity index is 547. The third kappa shape index (κ3) is 2.53. The van der Waals surface area contributed by atoms with Gasteiger partial charge in [-0.15, -0.1) is 0 Å². The molecule has 1 unspecified atom stereocenters. The summed E-state index contributed by atoms with van der Waals surface area (Å²) in [5.74, 6) is -0.226. The molecule has 2 aliphatic carbocycles. The standard InChI is InChI=1S/C17H21BrO3/c1-20-13-5-7-17(8-6-13)10-11-3-4-12(18)9-14(11)15(17)16(19)21-2/h3-4,9,13,15H,5-8,10H2,1-2H3. The average Bonchev–Trinajstić information content (AvgIpc) is 2.80. The van der Waals surface area contributed by atoms with Crippen LogP contribution >= 0.6 is 15.9 Å². The molecule has 0 aliphatic heterocycles. The van der Waals surface area contributed by atoms with Crippen molar-refractivity contribution in [3.05, 3.63) is 33.8 Å². The molecule has 1 aromatic carbocycles. The number of esters is 1. The average molecular weight is 353 g/mol. The lowest BCUT2D eigenvalue weighted by atomic mass is 9.65. The van der Waals surface area contributed by atoms with E-state index in [9.17, 15) is 4.79 Å². The van der Waals surface area contributed by atoms with E-state index >= 15 is 0 Å². The lowest BCUT2D eigenvalue weighted by molar-refractivity contribution is -0.146. The maximum atomic E-state index is 12.4. The first-order valence-corrected chi connectivity index (χ1v) is 8.28. The fourth-order valence-corrected chi connectivity index (χ4v) is 4.55. The summed E-state index contributed by atoms with van der Waals surface area (Å²) in [6.45, 7) is 0. The normalized spacial score (nSPS) is 31.2. The Kier molecular flexibility index (Phi) is 4.10. The Morgan fingerprint density at radius 3 is 2.62 bits per heavy atom. The summed E-state index contributed by atoms with van der Waals surface area (Å²) < 4.78 is 11.6. The summed E-state index contributed by atoms with van der Waals surface area (Å²) >= 11 is 3.52. The molecule has 1 aromatic rings. The monoisotopic (exact) mass is 352 g/mol. The number of methoxy groups -OCH3 is 2. The Hall–Kier alpha value is -0.870. The number of carbonyl (C=O) groups is 1. The fraction of sp³-hybridized carbons (Fsp3) is 0.588. The highest BCUT2D eigenvalue weighted by molar-refractivity contribution is 9.10. The first-order valence-electron chi connectivity index (χ1n) is 7.48. The molecule has 4 heteroatoms. The van der Waals surface area contributed by atoms with Crippen LogP contribution in [0.2, 0.25) is 0 Å². The van der Waals surface area contributed by atoms with Crippen LogP contribution in [-0.4, -0.2) is 26.3 Å². The first kappa shape index (κ1) is 15.0. The van der Waals surface area contributed by atoms with E-state index in [1.54, 1.807) is 7.11 Å². The second-order valence-electron chi connectivity index (χ2n) is 6.27. The fourth-order valence-electron chi connectivity index (χ4n) is 4.17. The Labute approximate surface area is 134 Å². The van der Waals surface area contributed by atoms with E-state index in [0.717, 1.165) is 42.1 Å². The molecule has 0 heterocycles. The van der Waals surface area contributed by atoms with Crippen molar-refractivity contribution in [3.8, 4) is 0 Å². The van der Waals surface area contributed by atoms with E-state index in [2.05, 4.69) is 34.1 Å². The number of benzene rings is 1. The van der Waals surface area contributed by atoms with Crippen molar-refractivity contribution in [2.24, 2.45) is 5.41 Å². The number of rotatable bonds is 2. The minimum atomic E-state index is -0.132. The smallest absolute Gasteiger partial charge is 0.313 e. The van der Waals surface area contributed by atoms with Gasteiger partial charge in [0.25, 0.3) is 0 Å². The molecule has 3 rings (SSSR count). The number of fused-ring (bicyclic) bond motifs is 1. The van der Waals surface area contributed by atoms with Gasteiger partial charge in [-0.1, -0.05) is 22.0 Å². The van der Waals surface area contributed by atoms with Crippen molar-refractivity contribution < 1.29 is 14.3 Å². The van der Waals surface area contributed by atoms with Crippen LogP contribution in [0.15, 0.2) is 22.7 Å². The second-order valence-corrected chi connectivity index (χ2v) is 7.19. The summed E-state index contributed by atoms with van der Waals surface area (Å²) in [5.41, 5.74) is 2.46. The maximum Gasteiger partial charge on any atom is 0.313 e. The van der Waals surface area contributed by atoms with E-state index in [1.165, 1.54) is 12.7 Å². The number of carbonyl (C=O) groups excluding carboxylic acids is 1. The zero-order valence-electron chi connectivity index (χ0n) is 12.5. The molecule has 0 bridgehead atoms. The highest BCUT2D eigenvalue weighted by atomic mass is 79.9. The van der Waals surface area contributed by atoms with Gasteiger partial charge in [-0.3, -0.25) is 4.79 Å². The van der Waals surface area contributed by atoms with Crippen LogP contribution < -0.4 is 0 Å². The third-order valence-corrected chi connectivity index (χ3v) is 5.77. The van der Waals surface area contributed by atoms with Crippen LogP contribution in [-0.2, 0) is 20.7 Å². The molecule has 1 spiro atoms. The zero-order chi connectivity index (χ0) is 15.0. The molecule has 114 valence electrons. The van der Waals surface area contributed by atoms with Gasteiger partial charge in [0.15, 0.2) is 0 Å². The van der Waals surface area contributed by atoms with Crippen molar-refractivity contribution in [1.29, 1.82) is 0 Å². The quantitative estimate of drug-likeness (QED) is 0.758. The topological polar surface area (TPSA) is 35.5 Å². The van der Waals surface area contributed by atoms with Crippen molar-refractivity contribution in [1.82, 2.24) is 0 Å². The highest BCUT2D eigenvalue weighted by Gasteiger charge is 2.51. The van der Waals surface area contributed by atoms with Crippen molar-refractivity contribution in [3.63, 3.8) is 0 Å².